The van der Waals surface area contributed by atoms with Crippen molar-refractivity contribution < 1.29 is 29.0 Å². The van der Waals surface area contributed by atoms with Gasteiger partial charge in [0.05, 0.1) is 24.9 Å². The van der Waals surface area contributed by atoms with Gasteiger partial charge in [0.25, 0.3) is 5.91 Å². The van der Waals surface area contributed by atoms with Crippen molar-refractivity contribution in [1.29, 1.82) is 0 Å². The van der Waals surface area contributed by atoms with E-state index in [9.17, 15) is 14.4 Å². The number of nitrogens with one attached hydrogen (secondary N) is 1. The highest BCUT2D eigenvalue weighted by atomic mass is 16.5. The molecule has 2 saturated carbocycles. The van der Waals surface area contributed by atoms with Gasteiger partial charge in [-0.25, -0.2) is 4.79 Å². The van der Waals surface area contributed by atoms with Crippen molar-refractivity contribution in [2.24, 2.45) is 0 Å². The number of carbonyl (C=O) groups excluding carboxylic acids is 2. The van der Waals surface area contributed by atoms with Gasteiger partial charge in [0, 0.05) is 40.6 Å². The largest absolute Gasteiger partial charge is 0.497 e. The Morgan fingerprint density at radius 3 is 2.60 bits per heavy atom. The average molecular weight is 633 g/mol. The highest BCUT2D eigenvalue weighted by molar-refractivity contribution is 6.04. The molecule has 2 aliphatic carbocycles. The summed E-state index contributed by atoms with van der Waals surface area (Å²) in [4.78, 5) is 38.5. The molecule has 4 aromatic rings. The number of methoxy groups -OCH3 is 1. The highest BCUT2D eigenvalue weighted by Gasteiger charge is 2.45. The van der Waals surface area contributed by atoms with Crippen molar-refractivity contribution in [2.45, 2.75) is 75.8 Å². The quantitative estimate of drug-likeness (QED) is 0.187. The van der Waals surface area contributed by atoms with Crippen LogP contribution in [0.3, 0.4) is 0 Å². The molecule has 1 aromatic heterocycles. The number of aromatic nitrogens is 1. The predicted molar refractivity (Wildman–Crippen MR) is 181 cm³/mol. The molecule has 0 saturated heterocycles. The third-order valence-electron chi connectivity index (χ3n) is 10.2. The van der Waals surface area contributed by atoms with E-state index in [-0.39, 0.29) is 18.1 Å². The second kappa shape index (κ2) is 12.7. The smallest absolute Gasteiger partial charge is 0.328 e. The normalized spacial score (nSPS) is 17.2. The fraction of sp³-hybridized carbons (Fsp3) is 0.359. The maximum atomic E-state index is 13.9. The Bertz CT molecular complexity index is 1890. The van der Waals surface area contributed by atoms with Gasteiger partial charge in [-0.05, 0) is 85.1 Å². The lowest BCUT2D eigenvalue weighted by Crippen LogP contribution is -2.59. The lowest BCUT2D eigenvalue weighted by Gasteiger charge is -2.41. The Morgan fingerprint density at radius 1 is 1.02 bits per heavy atom. The van der Waals surface area contributed by atoms with Gasteiger partial charge >= 0.3 is 5.97 Å². The second-order valence-corrected chi connectivity index (χ2v) is 13.1. The van der Waals surface area contributed by atoms with Crippen LogP contribution in [0.4, 0.5) is 0 Å². The Balaban J connectivity index is 1.21. The Kier molecular flexibility index (Phi) is 8.35. The zero-order chi connectivity index (χ0) is 32.5. The number of aliphatic carboxylic acids is 1. The summed E-state index contributed by atoms with van der Waals surface area (Å²) >= 11 is 0. The van der Waals surface area contributed by atoms with Gasteiger partial charge < -0.3 is 24.5 Å². The molecular formula is C39H40N2O6. The molecule has 242 valence electrons. The second-order valence-electron chi connectivity index (χ2n) is 13.1. The molecule has 8 nitrogen and oxygen atoms in total. The van der Waals surface area contributed by atoms with Crippen molar-refractivity contribution in [2.75, 3.05) is 13.7 Å². The van der Waals surface area contributed by atoms with Gasteiger partial charge in [0.15, 0.2) is 5.78 Å². The van der Waals surface area contributed by atoms with E-state index in [0.717, 1.165) is 53.5 Å². The molecule has 0 unspecified atom stereocenters. The summed E-state index contributed by atoms with van der Waals surface area (Å²) in [6.07, 6.45) is 10.8. The van der Waals surface area contributed by atoms with Crippen molar-refractivity contribution >= 4 is 34.6 Å². The molecule has 2 N–H and O–H groups in total. The number of rotatable bonds is 9. The molecule has 2 heterocycles. The number of benzene rings is 3. The molecule has 1 aliphatic heterocycles. The lowest BCUT2D eigenvalue weighted by atomic mass is 9.72. The summed E-state index contributed by atoms with van der Waals surface area (Å²) in [7, 11) is 1.66. The van der Waals surface area contributed by atoms with E-state index >= 15 is 0 Å². The zero-order valence-corrected chi connectivity index (χ0v) is 26.7. The lowest BCUT2D eigenvalue weighted by molar-refractivity contribution is -0.131. The summed E-state index contributed by atoms with van der Waals surface area (Å²) in [5.74, 6) is 0.703. The van der Waals surface area contributed by atoms with Gasteiger partial charge in [0.1, 0.15) is 18.1 Å². The van der Waals surface area contributed by atoms with Crippen LogP contribution in [0, 0.1) is 0 Å². The maximum Gasteiger partial charge on any atom is 0.328 e. The van der Waals surface area contributed by atoms with E-state index in [2.05, 4.69) is 22.0 Å². The first-order chi connectivity index (χ1) is 22.8. The maximum absolute atomic E-state index is 13.9. The number of hydrogen-bond acceptors (Lipinski definition) is 5. The van der Waals surface area contributed by atoms with Gasteiger partial charge in [-0.15, -0.1) is 0 Å². The van der Waals surface area contributed by atoms with E-state index in [1.54, 1.807) is 13.2 Å². The Morgan fingerprint density at radius 2 is 1.85 bits per heavy atom. The van der Waals surface area contributed by atoms with Crippen LogP contribution >= 0.6 is 0 Å². The molecular weight excluding hydrogens is 592 g/mol. The standard InChI is InChI=1S/C39H40N2O6/c1-46-29-13-15-31-33(24-29)47-20-19-41-32-23-28(12-14-30(32)36(37(31)41)27-9-3-2-4-10-27)38(45)40-39(17-6-18-39)34(42)22-26-8-5-7-25(21-26)11-16-35(43)44/h5,7-8,11-16,21,23-24,27H,2-4,6,9-10,17-20,22H2,1H3,(H,40,45)(H,43,44)/b16-11+. The van der Waals surface area contributed by atoms with Crippen molar-refractivity contribution in [3.05, 3.63) is 89.0 Å². The first-order valence-corrected chi connectivity index (χ1v) is 16.7. The number of carbonyl (C=O) groups is 3. The van der Waals surface area contributed by atoms with Crippen molar-refractivity contribution in [3.8, 4) is 22.8 Å². The molecule has 7 rings (SSSR count). The zero-order valence-electron chi connectivity index (χ0n) is 26.7. The number of carboxylic acids is 1. The highest BCUT2D eigenvalue weighted by Crippen LogP contribution is 2.48. The van der Waals surface area contributed by atoms with Gasteiger partial charge in [-0.1, -0.05) is 49.6 Å². The van der Waals surface area contributed by atoms with Crippen molar-refractivity contribution in [1.82, 2.24) is 9.88 Å². The van der Waals surface area contributed by atoms with E-state index in [0.29, 0.717) is 43.0 Å². The minimum Gasteiger partial charge on any atom is -0.497 e. The number of hydrogen-bond donors (Lipinski definition) is 2. The first-order valence-electron chi connectivity index (χ1n) is 16.7. The van der Waals surface area contributed by atoms with Crippen LogP contribution in [0.15, 0.2) is 66.7 Å². The molecule has 3 aliphatic rings. The SMILES string of the molecule is COc1ccc2c(c1)OCCn1c-2c(C2CCCCC2)c2ccc(C(=O)NC3(C(=O)Cc4cccc(/C=C/C(=O)O)c4)CCC3)cc21. The van der Waals surface area contributed by atoms with Gasteiger partial charge in [-0.2, -0.15) is 0 Å². The fourth-order valence-electron chi connectivity index (χ4n) is 7.66. The molecule has 0 atom stereocenters. The van der Waals surface area contributed by atoms with Crippen LogP contribution < -0.4 is 14.8 Å². The fourth-order valence-corrected chi connectivity index (χ4v) is 7.66. The topological polar surface area (TPSA) is 107 Å². The molecule has 2 fully saturated rings. The summed E-state index contributed by atoms with van der Waals surface area (Å²) in [5, 5.41) is 13.3. The van der Waals surface area contributed by atoms with Crippen LogP contribution in [0.1, 0.15) is 84.3 Å². The first kappa shape index (κ1) is 30.8. The predicted octanol–water partition coefficient (Wildman–Crippen LogP) is 7.32. The molecule has 8 heteroatoms. The minimum atomic E-state index is -1.03. The number of Topliss-reactive ketones (excluding diaryl/α,β-unsaturated/α-hetero) is 1. The van der Waals surface area contributed by atoms with E-state index in [1.807, 2.05) is 42.5 Å². The van der Waals surface area contributed by atoms with Crippen LogP contribution in [0.2, 0.25) is 0 Å². The third-order valence-corrected chi connectivity index (χ3v) is 10.2. The summed E-state index contributed by atoms with van der Waals surface area (Å²) < 4.78 is 14.1. The number of fused-ring (bicyclic) bond motifs is 5. The molecule has 3 aromatic carbocycles. The molecule has 0 radical (unpaired) electrons. The van der Waals surface area contributed by atoms with E-state index in [1.165, 1.54) is 42.0 Å². The Labute approximate surface area is 274 Å². The molecule has 0 bridgehead atoms. The van der Waals surface area contributed by atoms with Crippen LogP contribution in [0.25, 0.3) is 28.2 Å². The Hall–Kier alpha value is -4.85. The monoisotopic (exact) mass is 632 g/mol. The van der Waals surface area contributed by atoms with Crippen LogP contribution in [0.5, 0.6) is 11.5 Å². The summed E-state index contributed by atoms with van der Waals surface area (Å²) in [5.41, 5.74) is 5.70. The van der Waals surface area contributed by atoms with E-state index < -0.39 is 11.5 Å². The van der Waals surface area contributed by atoms with E-state index in [4.69, 9.17) is 14.6 Å². The number of nitrogens with zero attached hydrogens (tertiary/aromatic N) is 1. The average Bonchev–Trinajstić information content (AvgIpc) is 3.26. The minimum absolute atomic E-state index is 0.0298. The van der Waals surface area contributed by atoms with Crippen LogP contribution in [-0.4, -0.2) is 46.6 Å². The molecule has 47 heavy (non-hydrogen) atoms. The third kappa shape index (κ3) is 5.93. The van der Waals surface area contributed by atoms with Gasteiger partial charge in [0.2, 0.25) is 0 Å². The van der Waals surface area contributed by atoms with Gasteiger partial charge in [-0.3, -0.25) is 9.59 Å². The number of ketones is 1. The van der Waals surface area contributed by atoms with Crippen molar-refractivity contribution in [3.63, 3.8) is 0 Å². The molecule has 1 amide bonds. The molecule has 0 spiro atoms. The summed E-state index contributed by atoms with van der Waals surface area (Å²) in [6, 6.07) is 19.3. The van der Waals surface area contributed by atoms with Crippen LogP contribution in [-0.2, 0) is 22.6 Å². The number of amides is 1. The summed E-state index contributed by atoms with van der Waals surface area (Å²) in [6.45, 7) is 1.16. The number of carboxylic acid groups (broad SMARTS) is 1. The number of ether oxygens (including phenoxy) is 2.